The molecule has 1 aliphatic carbocycles. The third kappa shape index (κ3) is 2.53. The van der Waals surface area contributed by atoms with Crippen molar-refractivity contribution in [1.29, 1.82) is 0 Å². The van der Waals surface area contributed by atoms with Gasteiger partial charge in [0, 0.05) is 22.7 Å². The Morgan fingerprint density at radius 2 is 1.89 bits per heavy atom. The predicted octanol–water partition coefficient (Wildman–Crippen LogP) is 2.99. The van der Waals surface area contributed by atoms with Crippen LogP contribution in [-0.4, -0.2) is 18.2 Å². The fourth-order valence-corrected chi connectivity index (χ4v) is 2.95. The van der Waals surface area contributed by atoms with E-state index in [4.69, 9.17) is 10.7 Å². The highest BCUT2D eigenvalue weighted by Gasteiger charge is 2.30. The molecule has 1 saturated carbocycles. The van der Waals surface area contributed by atoms with E-state index < -0.39 is 9.05 Å². The average Bonchev–Trinajstić information content (AvgIpc) is 3.08. The van der Waals surface area contributed by atoms with Gasteiger partial charge in [0.05, 0.1) is 11.4 Å². The molecule has 100 valence electrons. The van der Waals surface area contributed by atoms with E-state index in [9.17, 15) is 8.42 Å². The van der Waals surface area contributed by atoms with Crippen molar-refractivity contribution in [3.63, 3.8) is 0 Å². The van der Waals surface area contributed by atoms with Gasteiger partial charge in [-0.3, -0.25) is 0 Å². The van der Waals surface area contributed by atoms with Gasteiger partial charge in [-0.05, 0) is 31.9 Å². The first-order valence-electron chi connectivity index (χ1n) is 6.07. The fourth-order valence-electron chi connectivity index (χ4n) is 2.00. The Balaban J connectivity index is 2.15. The predicted molar refractivity (Wildman–Crippen MR) is 73.3 cm³/mol. The molecule has 1 aliphatic rings. The van der Waals surface area contributed by atoms with E-state index in [-0.39, 0.29) is 5.03 Å². The van der Waals surface area contributed by atoms with Crippen molar-refractivity contribution in [2.45, 2.75) is 30.7 Å². The molecular weight excluding hydrogens is 284 g/mol. The van der Waals surface area contributed by atoms with Crippen LogP contribution in [0.15, 0.2) is 35.4 Å². The highest BCUT2D eigenvalue weighted by atomic mass is 35.7. The molecule has 1 aromatic heterocycles. The Hall–Kier alpha value is -1.33. The minimum Gasteiger partial charge on any atom is -0.221 e. The normalized spacial score (nSPS) is 15.7. The van der Waals surface area contributed by atoms with Crippen LogP contribution in [0.3, 0.4) is 0 Å². The monoisotopic (exact) mass is 296 g/mol. The summed E-state index contributed by atoms with van der Waals surface area (Å²) < 4.78 is 24.7. The maximum Gasteiger partial charge on any atom is 0.278 e. The van der Waals surface area contributed by atoms with Gasteiger partial charge in [0.15, 0.2) is 5.03 Å². The number of rotatable bonds is 3. The van der Waals surface area contributed by atoms with Crippen molar-refractivity contribution in [2.75, 3.05) is 0 Å². The van der Waals surface area contributed by atoms with E-state index in [2.05, 4.69) is 5.10 Å². The molecule has 6 heteroatoms. The van der Waals surface area contributed by atoms with Crippen LogP contribution in [0, 0.1) is 6.92 Å². The second-order valence-corrected chi connectivity index (χ2v) is 7.38. The molecule has 0 bridgehead atoms. The maximum atomic E-state index is 11.7. The molecule has 19 heavy (non-hydrogen) atoms. The molecule has 3 rings (SSSR count). The van der Waals surface area contributed by atoms with Crippen molar-refractivity contribution in [3.8, 4) is 5.69 Å². The zero-order valence-electron chi connectivity index (χ0n) is 10.4. The molecular formula is C13H13ClN2O2S. The molecule has 1 fully saturated rings. The lowest BCUT2D eigenvalue weighted by atomic mass is 10.2. The van der Waals surface area contributed by atoms with Crippen molar-refractivity contribution < 1.29 is 8.42 Å². The number of halogens is 1. The van der Waals surface area contributed by atoms with Crippen LogP contribution in [0.5, 0.6) is 0 Å². The van der Waals surface area contributed by atoms with Crippen LogP contribution in [0.4, 0.5) is 0 Å². The van der Waals surface area contributed by atoms with Gasteiger partial charge in [-0.1, -0.05) is 17.7 Å². The van der Waals surface area contributed by atoms with Gasteiger partial charge in [0.2, 0.25) is 0 Å². The molecule has 2 aromatic rings. The van der Waals surface area contributed by atoms with Crippen molar-refractivity contribution in [1.82, 2.24) is 9.78 Å². The quantitative estimate of drug-likeness (QED) is 0.818. The van der Waals surface area contributed by atoms with E-state index in [1.807, 2.05) is 31.2 Å². The lowest BCUT2D eigenvalue weighted by Gasteiger charge is -2.05. The molecule has 0 spiro atoms. The molecule has 0 unspecified atom stereocenters. The summed E-state index contributed by atoms with van der Waals surface area (Å²) in [4.78, 5) is 0. The highest BCUT2D eigenvalue weighted by Crippen LogP contribution is 2.40. The first-order chi connectivity index (χ1) is 8.95. The van der Waals surface area contributed by atoms with Gasteiger partial charge < -0.3 is 0 Å². The van der Waals surface area contributed by atoms with E-state index in [1.54, 1.807) is 6.07 Å². The summed E-state index contributed by atoms with van der Waals surface area (Å²) in [7, 11) is 1.69. The Morgan fingerprint density at radius 1 is 1.26 bits per heavy atom. The van der Waals surface area contributed by atoms with Crippen LogP contribution in [-0.2, 0) is 9.05 Å². The minimum absolute atomic E-state index is 0.0416. The largest absolute Gasteiger partial charge is 0.278 e. The lowest BCUT2D eigenvalue weighted by Crippen LogP contribution is -2.04. The van der Waals surface area contributed by atoms with Crippen LogP contribution >= 0.6 is 10.7 Å². The second kappa shape index (κ2) is 4.35. The van der Waals surface area contributed by atoms with E-state index in [0.717, 1.165) is 24.1 Å². The zero-order chi connectivity index (χ0) is 13.6. The second-order valence-electron chi connectivity index (χ2n) is 4.87. The third-order valence-corrected chi connectivity index (χ3v) is 4.48. The smallest absolute Gasteiger partial charge is 0.221 e. The van der Waals surface area contributed by atoms with Crippen LogP contribution in [0.2, 0.25) is 0 Å². The topological polar surface area (TPSA) is 52.0 Å². The molecule has 1 aromatic carbocycles. The summed E-state index contributed by atoms with van der Waals surface area (Å²) in [6, 6.07) is 9.09. The first-order valence-corrected chi connectivity index (χ1v) is 8.38. The Kier molecular flexibility index (Phi) is 2.91. The van der Waals surface area contributed by atoms with Gasteiger partial charge in [-0.15, -0.1) is 0 Å². The van der Waals surface area contributed by atoms with Crippen LogP contribution < -0.4 is 0 Å². The molecule has 4 nitrogen and oxygen atoms in total. The van der Waals surface area contributed by atoms with E-state index in [1.165, 1.54) is 4.68 Å². The highest BCUT2D eigenvalue weighted by molar-refractivity contribution is 8.13. The lowest BCUT2D eigenvalue weighted by molar-refractivity contribution is 0.599. The zero-order valence-corrected chi connectivity index (χ0v) is 11.9. The van der Waals surface area contributed by atoms with E-state index in [0.29, 0.717) is 11.6 Å². The van der Waals surface area contributed by atoms with E-state index >= 15 is 0 Å². The fraction of sp³-hybridized carbons (Fsp3) is 0.308. The molecule has 0 N–H and O–H groups in total. The van der Waals surface area contributed by atoms with Gasteiger partial charge in [-0.2, -0.15) is 5.10 Å². The molecule has 1 heterocycles. The molecule has 0 radical (unpaired) electrons. The summed E-state index contributed by atoms with van der Waals surface area (Å²) >= 11 is 0. The maximum absolute atomic E-state index is 11.7. The van der Waals surface area contributed by atoms with Crippen molar-refractivity contribution in [3.05, 3.63) is 41.6 Å². The molecule has 0 aliphatic heterocycles. The molecule has 0 saturated heterocycles. The average molecular weight is 297 g/mol. The van der Waals surface area contributed by atoms with Crippen molar-refractivity contribution in [2.24, 2.45) is 0 Å². The van der Waals surface area contributed by atoms with Gasteiger partial charge in [-0.25, -0.2) is 13.1 Å². The Labute approximate surface area is 116 Å². The van der Waals surface area contributed by atoms with Gasteiger partial charge in [0.25, 0.3) is 9.05 Å². The van der Waals surface area contributed by atoms with Crippen LogP contribution in [0.1, 0.15) is 30.0 Å². The standard InChI is InChI=1S/C13H13ClN2O2S/c1-9-2-6-11(7-3-9)16-13(19(14,17)18)8-12(15-16)10-4-5-10/h2-3,6-8,10H,4-5H2,1H3. The Morgan fingerprint density at radius 3 is 2.42 bits per heavy atom. The third-order valence-electron chi connectivity index (χ3n) is 3.22. The van der Waals surface area contributed by atoms with Gasteiger partial charge in [0.1, 0.15) is 0 Å². The number of aromatic nitrogens is 2. The summed E-state index contributed by atoms with van der Waals surface area (Å²) in [5.41, 5.74) is 2.62. The number of benzene rings is 1. The minimum atomic E-state index is -3.80. The summed E-state index contributed by atoms with van der Waals surface area (Å²) in [5.74, 6) is 0.379. The number of hydrogen-bond acceptors (Lipinski definition) is 3. The number of aryl methyl sites for hydroxylation is 1. The Bertz CT molecular complexity index is 716. The number of nitrogens with zero attached hydrogens (tertiary/aromatic N) is 2. The van der Waals surface area contributed by atoms with Crippen LogP contribution in [0.25, 0.3) is 5.69 Å². The molecule has 0 amide bonds. The first kappa shape index (κ1) is 12.7. The SMILES string of the molecule is Cc1ccc(-n2nc(C3CC3)cc2S(=O)(=O)Cl)cc1. The van der Waals surface area contributed by atoms with Crippen molar-refractivity contribution >= 4 is 19.7 Å². The van der Waals surface area contributed by atoms with Gasteiger partial charge >= 0.3 is 0 Å². The molecule has 0 atom stereocenters. The summed E-state index contributed by atoms with van der Waals surface area (Å²) in [5, 5.41) is 4.43. The number of hydrogen-bond donors (Lipinski definition) is 0. The summed E-state index contributed by atoms with van der Waals surface area (Å²) in [6.07, 6.45) is 2.12. The summed E-state index contributed by atoms with van der Waals surface area (Å²) in [6.45, 7) is 1.97.